The van der Waals surface area contributed by atoms with Crippen molar-refractivity contribution in [1.29, 1.82) is 0 Å². The third-order valence-electron chi connectivity index (χ3n) is 2.85. The summed E-state index contributed by atoms with van der Waals surface area (Å²) >= 11 is 0. The van der Waals surface area contributed by atoms with Crippen molar-refractivity contribution in [2.45, 2.75) is 4.90 Å². The number of nitro groups is 1. The number of aliphatic carboxylic acids is 1. The number of rotatable bonds is 7. The summed E-state index contributed by atoms with van der Waals surface area (Å²) in [5.41, 5.74) is -0.490. The lowest BCUT2D eigenvalue weighted by Gasteiger charge is -2.12. The molecule has 2 N–H and O–H groups in total. The number of nitrogens with one attached hydrogen (secondary N) is 1. The van der Waals surface area contributed by atoms with Crippen LogP contribution in [0.15, 0.2) is 53.4 Å². The molecule has 0 unspecified atom stereocenters. The molecule has 2 aromatic carbocycles. The minimum atomic E-state index is -4.41. The number of carboxylic acids is 1. The molecule has 0 aliphatic heterocycles. The highest BCUT2D eigenvalue weighted by Crippen LogP contribution is 2.30. The lowest BCUT2D eigenvalue weighted by molar-refractivity contribution is -0.385. The Bertz CT molecular complexity index is 880. The zero-order valence-corrected chi connectivity index (χ0v) is 12.9. The Kier molecular flexibility index (Phi) is 4.99. The number of hydrogen-bond donors (Lipinski definition) is 2. The molecule has 10 heteroatoms. The summed E-state index contributed by atoms with van der Waals surface area (Å²) in [5.74, 6) is -1.61. The third kappa shape index (κ3) is 3.98. The second-order valence-corrected chi connectivity index (χ2v) is 6.02. The number of nitrogens with zero attached hydrogens (tertiary/aromatic N) is 1. The van der Waals surface area contributed by atoms with Crippen molar-refractivity contribution in [3.05, 3.63) is 58.6 Å². The van der Waals surface area contributed by atoms with Crippen LogP contribution in [0.3, 0.4) is 0 Å². The summed E-state index contributed by atoms with van der Waals surface area (Å²) in [5, 5.41) is 22.1. The standard InChI is InChI=1S/C14H12N2O7S/c17-14(18)9-15-10-5-1-4-8-13(10)24(21,22)23-12-7-3-2-6-11(12)16(19)20/h1-8,15H,9H2,(H,17,18). The molecule has 0 radical (unpaired) electrons. The Hall–Kier alpha value is -3.14. The molecule has 0 aliphatic rings. The lowest BCUT2D eigenvalue weighted by atomic mass is 10.3. The topological polar surface area (TPSA) is 136 Å². The molecule has 0 heterocycles. The van der Waals surface area contributed by atoms with Crippen molar-refractivity contribution in [1.82, 2.24) is 0 Å². The predicted octanol–water partition coefficient (Wildman–Crippen LogP) is 1.86. The molecule has 0 fully saturated rings. The van der Waals surface area contributed by atoms with Crippen molar-refractivity contribution in [3.8, 4) is 5.75 Å². The maximum atomic E-state index is 12.4. The first-order valence-electron chi connectivity index (χ1n) is 6.54. The van der Waals surface area contributed by atoms with Gasteiger partial charge in [0.25, 0.3) is 0 Å². The normalized spacial score (nSPS) is 10.8. The van der Waals surface area contributed by atoms with Crippen LogP contribution >= 0.6 is 0 Å². The van der Waals surface area contributed by atoms with Crippen molar-refractivity contribution in [3.63, 3.8) is 0 Å². The number of hydrogen-bond acceptors (Lipinski definition) is 7. The van der Waals surface area contributed by atoms with Crippen LogP contribution in [0.4, 0.5) is 11.4 Å². The molecule has 126 valence electrons. The Morgan fingerprint density at radius 3 is 2.46 bits per heavy atom. The van der Waals surface area contributed by atoms with E-state index in [1.807, 2.05) is 0 Å². The maximum Gasteiger partial charge on any atom is 0.341 e. The fraction of sp³-hybridized carbons (Fsp3) is 0.0714. The van der Waals surface area contributed by atoms with Crippen LogP contribution in [-0.4, -0.2) is 31.0 Å². The average Bonchev–Trinajstić information content (AvgIpc) is 2.53. The largest absolute Gasteiger partial charge is 0.480 e. The van der Waals surface area contributed by atoms with Crippen molar-refractivity contribution in [2.24, 2.45) is 0 Å². The first kappa shape index (κ1) is 17.2. The van der Waals surface area contributed by atoms with Gasteiger partial charge in [0.05, 0.1) is 10.6 Å². The van der Waals surface area contributed by atoms with Crippen molar-refractivity contribution in [2.75, 3.05) is 11.9 Å². The minimum Gasteiger partial charge on any atom is -0.480 e. The summed E-state index contributed by atoms with van der Waals surface area (Å²) in [6.45, 7) is -0.502. The summed E-state index contributed by atoms with van der Waals surface area (Å²) in [6.07, 6.45) is 0. The van der Waals surface area contributed by atoms with Gasteiger partial charge in [-0.05, 0) is 18.2 Å². The van der Waals surface area contributed by atoms with E-state index in [1.165, 1.54) is 36.4 Å². The molecule has 0 saturated heterocycles. The smallest absolute Gasteiger partial charge is 0.341 e. The van der Waals surface area contributed by atoms with Gasteiger partial charge < -0.3 is 14.6 Å². The molecule has 0 aliphatic carbocycles. The van der Waals surface area contributed by atoms with E-state index < -0.39 is 39.0 Å². The van der Waals surface area contributed by atoms with E-state index in [-0.39, 0.29) is 10.6 Å². The van der Waals surface area contributed by atoms with Gasteiger partial charge in [-0.2, -0.15) is 8.42 Å². The monoisotopic (exact) mass is 352 g/mol. The van der Waals surface area contributed by atoms with E-state index in [9.17, 15) is 23.3 Å². The van der Waals surface area contributed by atoms with E-state index in [0.717, 1.165) is 12.1 Å². The van der Waals surface area contributed by atoms with Crippen molar-refractivity contribution >= 4 is 27.5 Å². The third-order valence-corrected chi connectivity index (χ3v) is 4.14. The second-order valence-electron chi connectivity index (χ2n) is 4.51. The van der Waals surface area contributed by atoms with Crippen LogP contribution in [0.2, 0.25) is 0 Å². The molecule has 24 heavy (non-hydrogen) atoms. The molecular formula is C14H12N2O7S. The number of anilines is 1. The van der Waals surface area contributed by atoms with Crippen LogP contribution in [0.25, 0.3) is 0 Å². The SMILES string of the molecule is O=C(O)CNc1ccccc1S(=O)(=O)Oc1ccccc1[N+](=O)[O-]. The number of benzene rings is 2. The van der Waals surface area contributed by atoms with Crippen molar-refractivity contribution < 1.29 is 27.4 Å². The molecule has 0 bridgehead atoms. The van der Waals surface area contributed by atoms with E-state index >= 15 is 0 Å². The number of nitro benzene ring substituents is 1. The van der Waals surface area contributed by atoms with Crippen LogP contribution in [0.1, 0.15) is 0 Å². The predicted molar refractivity (Wildman–Crippen MR) is 83.5 cm³/mol. The molecule has 2 aromatic rings. The number of carbonyl (C=O) groups is 1. The summed E-state index contributed by atoms with van der Waals surface area (Å²) in [7, 11) is -4.41. The highest BCUT2D eigenvalue weighted by molar-refractivity contribution is 7.87. The first-order chi connectivity index (χ1) is 11.3. The molecule has 0 atom stereocenters. The Morgan fingerprint density at radius 1 is 1.17 bits per heavy atom. The van der Waals surface area contributed by atoms with Crippen LogP contribution in [-0.2, 0) is 14.9 Å². The Morgan fingerprint density at radius 2 is 1.79 bits per heavy atom. The van der Waals surface area contributed by atoms with Gasteiger partial charge in [-0.15, -0.1) is 0 Å². The zero-order chi connectivity index (χ0) is 17.7. The molecule has 0 amide bonds. The van der Waals surface area contributed by atoms with Gasteiger partial charge >= 0.3 is 21.8 Å². The molecule has 0 aromatic heterocycles. The molecule has 0 spiro atoms. The van der Waals surface area contributed by atoms with Crippen LogP contribution in [0, 0.1) is 10.1 Å². The number of carboxylic acid groups (broad SMARTS) is 1. The van der Waals surface area contributed by atoms with Gasteiger partial charge in [-0.25, -0.2) is 0 Å². The highest BCUT2D eigenvalue weighted by Gasteiger charge is 2.25. The summed E-state index contributed by atoms with van der Waals surface area (Å²) in [4.78, 5) is 20.5. The molecule has 2 rings (SSSR count). The van der Waals surface area contributed by atoms with E-state index in [4.69, 9.17) is 9.29 Å². The highest BCUT2D eigenvalue weighted by atomic mass is 32.2. The molecular weight excluding hydrogens is 340 g/mol. The lowest BCUT2D eigenvalue weighted by Crippen LogP contribution is -2.17. The maximum absolute atomic E-state index is 12.4. The molecule has 9 nitrogen and oxygen atoms in total. The quantitative estimate of drug-likeness (QED) is 0.438. The Balaban J connectivity index is 2.39. The van der Waals surface area contributed by atoms with E-state index in [1.54, 1.807) is 0 Å². The van der Waals surface area contributed by atoms with Gasteiger partial charge in [0, 0.05) is 6.07 Å². The Labute approximate surface area is 136 Å². The fourth-order valence-corrected chi connectivity index (χ4v) is 2.96. The van der Waals surface area contributed by atoms with Crippen LogP contribution in [0.5, 0.6) is 5.75 Å². The first-order valence-corrected chi connectivity index (χ1v) is 7.94. The fourth-order valence-electron chi connectivity index (χ4n) is 1.84. The minimum absolute atomic E-state index is 0.0125. The van der Waals surface area contributed by atoms with E-state index in [0.29, 0.717) is 0 Å². The average molecular weight is 352 g/mol. The second kappa shape index (κ2) is 6.96. The summed E-state index contributed by atoms with van der Waals surface area (Å²) in [6, 6.07) is 10.5. The number of para-hydroxylation sites is 3. The van der Waals surface area contributed by atoms with Gasteiger partial charge in [-0.3, -0.25) is 14.9 Å². The van der Waals surface area contributed by atoms with Crippen LogP contribution < -0.4 is 9.50 Å². The summed E-state index contributed by atoms with van der Waals surface area (Å²) < 4.78 is 29.7. The van der Waals surface area contributed by atoms with Gasteiger partial charge in [0.2, 0.25) is 5.75 Å². The zero-order valence-electron chi connectivity index (χ0n) is 12.1. The van der Waals surface area contributed by atoms with E-state index in [2.05, 4.69) is 5.32 Å². The van der Waals surface area contributed by atoms with Gasteiger partial charge in [-0.1, -0.05) is 24.3 Å². The van der Waals surface area contributed by atoms with Gasteiger partial charge in [0.1, 0.15) is 11.4 Å². The molecule has 0 saturated carbocycles. The van der Waals surface area contributed by atoms with Gasteiger partial charge in [0.15, 0.2) is 0 Å².